The van der Waals surface area contributed by atoms with Gasteiger partial charge < -0.3 is 13.9 Å². The number of para-hydroxylation sites is 4. The topological polar surface area (TPSA) is 21.3 Å². The summed E-state index contributed by atoms with van der Waals surface area (Å²) < 4.78 is 8.93. The molecule has 1 aliphatic carbocycles. The Morgan fingerprint density at radius 2 is 1.04 bits per heavy atom. The summed E-state index contributed by atoms with van der Waals surface area (Å²) in [5.74, 6) is 0. The first kappa shape index (κ1) is 32.4. The fraction of sp³-hybridized carbons (Fsp3) is 0.111. The van der Waals surface area contributed by atoms with Gasteiger partial charge in [0.25, 0.3) is 0 Å². The average molecular weight is 733 g/mol. The third kappa shape index (κ3) is 4.37. The average Bonchev–Trinajstić information content (AvgIpc) is 3.86. The molecule has 3 heteroatoms. The van der Waals surface area contributed by atoms with Crippen LogP contribution < -0.4 is 4.90 Å². The predicted octanol–water partition coefficient (Wildman–Crippen LogP) is 14.8. The summed E-state index contributed by atoms with van der Waals surface area (Å²) in [7, 11) is 0. The largest absolute Gasteiger partial charge is 0.454 e. The van der Waals surface area contributed by atoms with E-state index in [1.54, 1.807) is 0 Å². The Morgan fingerprint density at radius 1 is 0.404 bits per heavy atom. The number of aromatic nitrogens is 1. The van der Waals surface area contributed by atoms with Gasteiger partial charge in [0, 0.05) is 38.1 Å². The molecule has 12 rings (SSSR count). The molecule has 2 aromatic heterocycles. The van der Waals surface area contributed by atoms with Crippen LogP contribution in [-0.4, -0.2) is 4.57 Å². The van der Waals surface area contributed by atoms with Crippen LogP contribution in [0.1, 0.15) is 49.9 Å². The van der Waals surface area contributed by atoms with Gasteiger partial charge in [-0.3, -0.25) is 0 Å². The first-order chi connectivity index (χ1) is 27.8. The smallest absolute Gasteiger partial charge is 0.159 e. The second kappa shape index (κ2) is 11.4. The van der Waals surface area contributed by atoms with Crippen molar-refractivity contribution in [2.24, 2.45) is 0 Å². The van der Waals surface area contributed by atoms with Gasteiger partial charge in [-0.05, 0) is 105 Å². The van der Waals surface area contributed by atoms with E-state index in [0.29, 0.717) is 0 Å². The number of rotatable bonds is 3. The van der Waals surface area contributed by atoms with Crippen LogP contribution in [0.3, 0.4) is 0 Å². The van der Waals surface area contributed by atoms with Crippen LogP contribution in [0.4, 0.5) is 17.1 Å². The Bertz CT molecular complexity index is 3320. The number of fused-ring (bicyclic) bond motifs is 11. The van der Waals surface area contributed by atoms with Crippen LogP contribution in [0, 0.1) is 0 Å². The molecule has 0 N–H and O–H groups in total. The van der Waals surface area contributed by atoms with Gasteiger partial charge in [0.2, 0.25) is 0 Å². The normalized spacial score (nSPS) is 14.9. The summed E-state index contributed by atoms with van der Waals surface area (Å²) in [6.07, 6.45) is 0. The maximum absolute atomic E-state index is 6.56. The molecule has 0 bridgehead atoms. The standard InChI is InChI=1S/C54H40N2O/c1-53(2)42-18-8-5-14-36(42)37-27-26-35(32-44(37)53)55-48-21-11-9-19-43(48)54(3,4)45-31-34(25-29-49(45)55)33-24-28-47-41(30-33)38-15-6-10-20-46(38)56(47)50-22-13-17-40-39-16-7-12-23-51(39)57-52(40)50/h5-32H,1-4H3. The summed E-state index contributed by atoms with van der Waals surface area (Å²) >= 11 is 0. The number of hydrogen-bond acceptors (Lipinski definition) is 2. The van der Waals surface area contributed by atoms with Crippen LogP contribution in [0.5, 0.6) is 0 Å². The molecule has 0 fully saturated rings. The van der Waals surface area contributed by atoms with Crippen molar-refractivity contribution in [2.45, 2.75) is 38.5 Å². The monoisotopic (exact) mass is 732 g/mol. The molecule has 3 heterocycles. The molecule has 0 saturated carbocycles. The summed E-state index contributed by atoms with van der Waals surface area (Å²) in [5, 5.41) is 4.72. The van der Waals surface area contributed by atoms with Crippen molar-refractivity contribution < 1.29 is 4.42 Å². The third-order valence-corrected chi connectivity index (χ3v) is 13.2. The molecule has 1 aliphatic heterocycles. The number of anilines is 3. The van der Waals surface area contributed by atoms with Crippen molar-refractivity contribution >= 4 is 60.8 Å². The van der Waals surface area contributed by atoms with Gasteiger partial charge >= 0.3 is 0 Å². The van der Waals surface area contributed by atoms with Crippen molar-refractivity contribution in [3.63, 3.8) is 0 Å². The van der Waals surface area contributed by atoms with E-state index in [0.717, 1.165) is 38.7 Å². The van der Waals surface area contributed by atoms with Gasteiger partial charge in [0.05, 0.1) is 28.1 Å². The molecule has 0 atom stereocenters. The van der Waals surface area contributed by atoms with E-state index in [1.165, 1.54) is 72.3 Å². The molecule has 10 aromatic rings. The number of benzene rings is 8. The van der Waals surface area contributed by atoms with Crippen molar-refractivity contribution in [1.29, 1.82) is 0 Å². The quantitative estimate of drug-likeness (QED) is 0.180. The van der Waals surface area contributed by atoms with Crippen molar-refractivity contribution in [2.75, 3.05) is 4.90 Å². The van der Waals surface area contributed by atoms with E-state index in [9.17, 15) is 0 Å². The van der Waals surface area contributed by atoms with Crippen LogP contribution in [0.2, 0.25) is 0 Å². The zero-order valence-corrected chi connectivity index (χ0v) is 32.5. The van der Waals surface area contributed by atoms with Crippen LogP contribution in [0.25, 0.3) is 71.7 Å². The molecule has 0 amide bonds. The summed E-state index contributed by atoms with van der Waals surface area (Å²) in [5.41, 5.74) is 19.1. The number of nitrogens with zero attached hydrogens (tertiary/aromatic N) is 2. The Morgan fingerprint density at radius 3 is 1.93 bits per heavy atom. The summed E-state index contributed by atoms with van der Waals surface area (Å²) in [6, 6.07) is 62.6. The first-order valence-electron chi connectivity index (χ1n) is 20.0. The highest BCUT2D eigenvalue weighted by molar-refractivity contribution is 6.13. The fourth-order valence-electron chi connectivity index (χ4n) is 10.3. The van der Waals surface area contributed by atoms with E-state index >= 15 is 0 Å². The molecule has 2 aliphatic rings. The maximum atomic E-state index is 6.56. The Balaban J connectivity index is 1.02. The molecular weight excluding hydrogens is 693 g/mol. The second-order valence-electron chi connectivity index (χ2n) is 16.9. The van der Waals surface area contributed by atoms with Gasteiger partial charge in [0.1, 0.15) is 5.58 Å². The van der Waals surface area contributed by atoms with E-state index in [2.05, 4.69) is 201 Å². The second-order valence-corrected chi connectivity index (χ2v) is 16.9. The Kier molecular flexibility index (Phi) is 6.46. The van der Waals surface area contributed by atoms with E-state index < -0.39 is 0 Å². The minimum atomic E-state index is -0.212. The highest BCUT2D eigenvalue weighted by atomic mass is 16.3. The molecule has 0 radical (unpaired) electrons. The lowest BCUT2D eigenvalue weighted by Gasteiger charge is -2.42. The lowest BCUT2D eigenvalue weighted by atomic mass is 9.72. The lowest BCUT2D eigenvalue weighted by Crippen LogP contribution is -2.30. The molecule has 0 spiro atoms. The highest BCUT2D eigenvalue weighted by Crippen LogP contribution is 2.55. The van der Waals surface area contributed by atoms with E-state index in [-0.39, 0.29) is 10.8 Å². The van der Waals surface area contributed by atoms with Gasteiger partial charge in [-0.1, -0.05) is 137 Å². The summed E-state index contributed by atoms with van der Waals surface area (Å²) in [6.45, 7) is 9.48. The van der Waals surface area contributed by atoms with Gasteiger partial charge in [-0.25, -0.2) is 0 Å². The van der Waals surface area contributed by atoms with E-state index in [1.807, 2.05) is 6.07 Å². The number of furan rings is 1. The van der Waals surface area contributed by atoms with Crippen LogP contribution in [0.15, 0.2) is 174 Å². The minimum absolute atomic E-state index is 0.0798. The Labute approximate surface area is 332 Å². The molecule has 272 valence electrons. The van der Waals surface area contributed by atoms with Crippen LogP contribution in [-0.2, 0) is 10.8 Å². The van der Waals surface area contributed by atoms with Crippen molar-refractivity contribution in [3.05, 3.63) is 192 Å². The molecule has 57 heavy (non-hydrogen) atoms. The van der Waals surface area contributed by atoms with Gasteiger partial charge in [-0.15, -0.1) is 0 Å². The minimum Gasteiger partial charge on any atom is -0.454 e. The molecule has 3 nitrogen and oxygen atoms in total. The first-order valence-corrected chi connectivity index (χ1v) is 20.0. The fourth-order valence-corrected chi connectivity index (χ4v) is 10.3. The highest BCUT2D eigenvalue weighted by Gasteiger charge is 2.39. The van der Waals surface area contributed by atoms with Gasteiger partial charge in [-0.2, -0.15) is 0 Å². The molecule has 8 aromatic carbocycles. The predicted molar refractivity (Wildman–Crippen MR) is 238 cm³/mol. The number of hydrogen-bond donors (Lipinski definition) is 0. The van der Waals surface area contributed by atoms with Crippen molar-refractivity contribution in [3.8, 4) is 27.9 Å². The summed E-state index contributed by atoms with van der Waals surface area (Å²) in [4.78, 5) is 2.49. The van der Waals surface area contributed by atoms with E-state index in [4.69, 9.17) is 4.42 Å². The molecule has 0 unspecified atom stereocenters. The lowest BCUT2D eigenvalue weighted by molar-refractivity contribution is 0.632. The van der Waals surface area contributed by atoms with Gasteiger partial charge in [0.15, 0.2) is 5.58 Å². The van der Waals surface area contributed by atoms with Crippen molar-refractivity contribution in [1.82, 2.24) is 4.57 Å². The zero-order chi connectivity index (χ0) is 38.2. The van der Waals surface area contributed by atoms with Crippen LogP contribution >= 0.6 is 0 Å². The third-order valence-electron chi connectivity index (χ3n) is 13.2. The molecule has 0 saturated heterocycles. The Hall–Kier alpha value is -6.84. The molecular formula is C54H40N2O. The SMILES string of the molecule is CC1(C)c2ccccc2-c2ccc(N3c4ccccc4C(C)(C)c4cc(-c5ccc6c(c5)c5ccccc5n6-c5cccc6c5oc5ccccc56)ccc43)cc21. The zero-order valence-electron chi connectivity index (χ0n) is 32.5. The maximum Gasteiger partial charge on any atom is 0.159 e.